The maximum absolute atomic E-state index is 13.4. The highest BCUT2D eigenvalue weighted by Crippen LogP contribution is 2.24. The zero-order valence-corrected chi connectivity index (χ0v) is 12.4. The summed E-state index contributed by atoms with van der Waals surface area (Å²) >= 11 is 9.23. The van der Waals surface area contributed by atoms with Gasteiger partial charge in [0.15, 0.2) is 0 Å². The van der Waals surface area contributed by atoms with Gasteiger partial charge in [0, 0.05) is 21.7 Å². The summed E-state index contributed by atoms with van der Waals surface area (Å²) in [5, 5.41) is 3.62. The third-order valence-corrected chi connectivity index (χ3v) is 3.45. The lowest BCUT2D eigenvalue weighted by Gasteiger charge is -2.19. The molecular weight excluding hydrogens is 331 g/mol. The predicted octanol–water partition coefficient (Wildman–Crippen LogP) is 4.35. The van der Waals surface area contributed by atoms with Gasteiger partial charge >= 0.3 is 0 Å². The Balaban J connectivity index is 2.22. The second-order valence-electron chi connectivity index (χ2n) is 4.14. The quantitative estimate of drug-likeness (QED) is 0.866. The van der Waals surface area contributed by atoms with Crippen LogP contribution in [0.15, 0.2) is 46.9 Å². The van der Waals surface area contributed by atoms with E-state index < -0.39 is 0 Å². The van der Waals surface area contributed by atoms with Gasteiger partial charge in [0.2, 0.25) is 0 Å². The fourth-order valence-electron chi connectivity index (χ4n) is 1.80. The molecule has 19 heavy (non-hydrogen) atoms. The topological polar surface area (TPSA) is 38.0 Å². The maximum atomic E-state index is 13.4. The van der Waals surface area contributed by atoms with E-state index in [1.54, 1.807) is 6.07 Å². The molecule has 2 aromatic rings. The van der Waals surface area contributed by atoms with Crippen LogP contribution < -0.4 is 11.1 Å². The lowest BCUT2D eigenvalue weighted by atomic mass is 10.1. The second kappa shape index (κ2) is 6.37. The van der Waals surface area contributed by atoms with Crippen LogP contribution in [0.25, 0.3) is 0 Å². The molecule has 5 heteroatoms. The van der Waals surface area contributed by atoms with Gasteiger partial charge in [-0.3, -0.25) is 0 Å². The summed E-state index contributed by atoms with van der Waals surface area (Å²) in [5.41, 5.74) is 7.39. The van der Waals surface area contributed by atoms with Crippen LogP contribution >= 0.6 is 27.5 Å². The number of hydrogen-bond donors (Lipinski definition) is 2. The molecule has 1 atom stereocenters. The van der Waals surface area contributed by atoms with E-state index in [1.807, 2.05) is 24.3 Å². The Bertz CT molecular complexity index is 540. The van der Waals surface area contributed by atoms with E-state index in [1.165, 1.54) is 12.1 Å². The molecule has 0 amide bonds. The zero-order chi connectivity index (χ0) is 13.8. The Morgan fingerprint density at radius 2 is 1.89 bits per heavy atom. The fourth-order valence-corrected chi connectivity index (χ4v) is 2.30. The molecule has 0 aliphatic heterocycles. The molecule has 0 aliphatic rings. The van der Waals surface area contributed by atoms with Crippen LogP contribution in [-0.2, 0) is 0 Å². The highest BCUT2D eigenvalue weighted by atomic mass is 79.9. The van der Waals surface area contributed by atoms with Gasteiger partial charge in [-0.2, -0.15) is 0 Å². The van der Waals surface area contributed by atoms with Gasteiger partial charge in [-0.25, -0.2) is 4.39 Å². The average molecular weight is 344 g/mol. The van der Waals surface area contributed by atoms with Gasteiger partial charge in [-0.1, -0.05) is 27.5 Å². The van der Waals surface area contributed by atoms with Crippen LogP contribution in [0.1, 0.15) is 11.6 Å². The molecule has 0 aromatic heterocycles. The van der Waals surface area contributed by atoms with E-state index in [2.05, 4.69) is 21.2 Å². The standard InChI is InChI=1S/C14H13BrClFN2/c15-10-1-3-13(4-2-10)19-14(8-18)9-5-11(16)7-12(17)6-9/h1-7,14,19H,8,18H2. The SMILES string of the molecule is NCC(Nc1ccc(Br)cc1)c1cc(F)cc(Cl)c1. The van der Waals surface area contributed by atoms with Gasteiger partial charge < -0.3 is 11.1 Å². The molecule has 1 unspecified atom stereocenters. The summed E-state index contributed by atoms with van der Waals surface area (Å²) in [5.74, 6) is -0.362. The van der Waals surface area contributed by atoms with E-state index in [0.717, 1.165) is 15.7 Å². The molecule has 0 saturated carbocycles. The van der Waals surface area contributed by atoms with Crippen molar-refractivity contribution in [1.29, 1.82) is 0 Å². The van der Waals surface area contributed by atoms with Crippen molar-refractivity contribution in [2.45, 2.75) is 6.04 Å². The smallest absolute Gasteiger partial charge is 0.125 e. The minimum atomic E-state index is -0.362. The van der Waals surface area contributed by atoms with E-state index in [9.17, 15) is 4.39 Å². The number of anilines is 1. The van der Waals surface area contributed by atoms with Crippen molar-refractivity contribution in [3.05, 3.63) is 63.3 Å². The first kappa shape index (κ1) is 14.3. The lowest BCUT2D eigenvalue weighted by Crippen LogP contribution is -2.20. The minimum Gasteiger partial charge on any atom is -0.377 e. The van der Waals surface area contributed by atoms with Crippen LogP contribution in [0, 0.1) is 5.82 Å². The molecule has 2 aromatic carbocycles. The van der Waals surface area contributed by atoms with Crippen LogP contribution in [0.2, 0.25) is 5.02 Å². The summed E-state index contributed by atoms with van der Waals surface area (Å²) in [6.07, 6.45) is 0. The molecule has 0 bridgehead atoms. The van der Waals surface area contributed by atoms with Crippen molar-refractivity contribution in [2.75, 3.05) is 11.9 Å². The van der Waals surface area contributed by atoms with E-state index in [0.29, 0.717) is 11.6 Å². The van der Waals surface area contributed by atoms with E-state index in [-0.39, 0.29) is 11.9 Å². The van der Waals surface area contributed by atoms with Crippen molar-refractivity contribution in [2.24, 2.45) is 5.73 Å². The molecular formula is C14H13BrClFN2. The average Bonchev–Trinajstić information content (AvgIpc) is 2.37. The van der Waals surface area contributed by atoms with Crippen molar-refractivity contribution >= 4 is 33.2 Å². The van der Waals surface area contributed by atoms with Crippen molar-refractivity contribution in [3.63, 3.8) is 0 Å². The molecule has 0 radical (unpaired) electrons. The third kappa shape index (κ3) is 3.93. The molecule has 2 nitrogen and oxygen atoms in total. The number of nitrogens with two attached hydrogens (primary N) is 1. The first-order chi connectivity index (χ1) is 9.08. The van der Waals surface area contributed by atoms with Gasteiger partial charge in [-0.15, -0.1) is 0 Å². The lowest BCUT2D eigenvalue weighted by molar-refractivity contribution is 0.622. The number of rotatable bonds is 4. The number of halogens is 3. The monoisotopic (exact) mass is 342 g/mol. The highest BCUT2D eigenvalue weighted by Gasteiger charge is 2.11. The number of benzene rings is 2. The normalized spacial score (nSPS) is 12.2. The van der Waals surface area contributed by atoms with Crippen LogP contribution in [0.3, 0.4) is 0 Å². The highest BCUT2D eigenvalue weighted by molar-refractivity contribution is 9.10. The summed E-state index contributed by atoms with van der Waals surface area (Å²) < 4.78 is 14.4. The second-order valence-corrected chi connectivity index (χ2v) is 5.49. The first-order valence-corrected chi connectivity index (χ1v) is 6.94. The Kier molecular flexibility index (Phi) is 4.80. The van der Waals surface area contributed by atoms with E-state index >= 15 is 0 Å². The summed E-state index contributed by atoms with van der Waals surface area (Å²) in [6, 6.07) is 11.9. The largest absolute Gasteiger partial charge is 0.377 e. The summed E-state index contributed by atoms with van der Waals surface area (Å²) in [4.78, 5) is 0. The predicted molar refractivity (Wildman–Crippen MR) is 81.0 cm³/mol. The van der Waals surface area contributed by atoms with Crippen molar-refractivity contribution in [1.82, 2.24) is 0 Å². The van der Waals surface area contributed by atoms with Crippen molar-refractivity contribution in [3.8, 4) is 0 Å². The van der Waals surface area contributed by atoms with E-state index in [4.69, 9.17) is 17.3 Å². The molecule has 0 heterocycles. The van der Waals surface area contributed by atoms with Gasteiger partial charge in [-0.05, 0) is 48.0 Å². The Morgan fingerprint density at radius 1 is 1.21 bits per heavy atom. The minimum absolute atomic E-state index is 0.186. The Hall–Kier alpha value is -1.10. The molecule has 0 aliphatic carbocycles. The van der Waals surface area contributed by atoms with Gasteiger partial charge in [0.25, 0.3) is 0 Å². The molecule has 0 saturated heterocycles. The summed E-state index contributed by atoms with van der Waals surface area (Å²) in [6.45, 7) is 0.343. The van der Waals surface area contributed by atoms with Crippen LogP contribution in [-0.4, -0.2) is 6.54 Å². The van der Waals surface area contributed by atoms with Crippen molar-refractivity contribution < 1.29 is 4.39 Å². The molecule has 0 fully saturated rings. The van der Waals surface area contributed by atoms with Crippen LogP contribution in [0.5, 0.6) is 0 Å². The third-order valence-electron chi connectivity index (χ3n) is 2.71. The fraction of sp³-hybridized carbons (Fsp3) is 0.143. The Morgan fingerprint density at radius 3 is 2.47 bits per heavy atom. The zero-order valence-electron chi connectivity index (χ0n) is 10.0. The molecule has 2 rings (SSSR count). The Labute approximate surface area is 124 Å². The molecule has 3 N–H and O–H groups in total. The molecule has 0 spiro atoms. The first-order valence-electron chi connectivity index (χ1n) is 5.76. The van der Waals surface area contributed by atoms with Crippen LogP contribution in [0.4, 0.5) is 10.1 Å². The summed E-state index contributed by atoms with van der Waals surface area (Å²) in [7, 11) is 0. The van der Waals surface area contributed by atoms with Gasteiger partial charge in [0.05, 0.1) is 6.04 Å². The van der Waals surface area contributed by atoms with Gasteiger partial charge in [0.1, 0.15) is 5.82 Å². The number of nitrogens with one attached hydrogen (secondary N) is 1. The maximum Gasteiger partial charge on any atom is 0.125 e. The number of hydrogen-bond acceptors (Lipinski definition) is 2. The molecule has 100 valence electrons.